The van der Waals surface area contributed by atoms with E-state index in [0.29, 0.717) is 11.3 Å². The van der Waals surface area contributed by atoms with Gasteiger partial charge in [-0.05, 0) is 25.1 Å². The van der Waals surface area contributed by atoms with Crippen LogP contribution in [0.2, 0.25) is 5.02 Å². The van der Waals surface area contributed by atoms with E-state index in [1.807, 2.05) is 0 Å². The molecule has 1 aromatic heterocycles. The maximum atomic E-state index is 13.0. The highest BCUT2D eigenvalue weighted by atomic mass is 35.5. The van der Waals surface area contributed by atoms with Gasteiger partial charge in [-0.2, -0.15) is 13.2 Å². The van der Waals surface area contributed by atoms with E-state index in [4.69, 9.17) is 16.3 Å². The predicted octanol–water partition coefficient (Wildman–Crippen LogP) is 4.15. The van der Waals surface area contributed by atoms with Crippen molar-refractivity contribution in [2.75, 3.05) is 18.5 Å². The third-order valence-corrected chi connectivity index (χ3v) is 4.10. The number of esters is 1. The van der Waals surface area contributed by atoms with Crippen LogP contribution in [0.15, 0.2) is 18.2 Å². The number of carbonyl (C=O) groups excluding carboxylic acids is 2. The molecule has 27 heavy (non-hydrogen) atoms. The van der Waals surface area contributed by atoms with Crippen molar-refractivity contribution in [2.24, 2.45) is 0 Å². The van der Waals surface area contributed by atoms with Gasteiger partial charge in [-0.3, -0.25) is 10.1 Å². The van der Waals surface area contributed by atoms with Gasteiger partial charge in [-0.1, -0.05) is 22.9 Å². The standard InChI is InChI=1S/C15H11ClF4N2O4S/c1-2-25-13(24)11-12(15(18,19)20)22-14(27-11)21-10(23)6-26-9-4-3-7(17)5-8(9)16/h3-5H,2,6H2,1H3,(H,21,22,23). The summed E-state index contributed by atoms with van der Waals surface area (Å²) in [6.45, 7) is 0.690. The number of amides is 1. The lowest BCUT2D eigenvalue weighted by molar-refractivity contribution is -0.141. The highest BCUT2D eigenvalue weighted by Gasteiger charge is 2.40. The number of hydrogen-bond acceptors (Lipinski definition) is 6. The second-order valence-electron chi connectivity index (χ2n) is 4.83. The first kappa shape index (κ1) is 20.9. The molecule has 146 valence electrons. The Hall–Kier alpha value is -2.40. The van der Waals surface area contributed by atoms with E-state index in [2.05, 4.69) is 15.0 Å². The van der Waals surface area contributed by atoms with Gasteiger partial charge in [0.2, 0.25) is 0 Å². The molecule has 0 aliphatic heterocycles. The van der Waals surface area contributed by atoms with Crippen LogP contribution in [0.3, 0.4) is 0 Å². The van der Waals surface area contributed by atoms with Crippen molar-refractivity contribution in [3.63, 3.8) is 0 Å². The van der Waals surface area contributed by atoms with Crippen LogP contribution in [-0.4, -0.2) is 30.1 Å². The smallest absolute Gasteiger partial charge is 0.435 e. The van der Waals surface area contributed by atoms with Crippen molar-refractivity contribution in [3.8, 4) is 5.75 Å². The maximum Gasteiger partial charge on any atom is 0.435 e. The zero-order valence-corrected chi connectivity index (χ0v) is 15.1. The van der Waals surface area contributed by atoms with Crippen molar-refractivity contribution in [3.05, 3.63) is 39.6 Å². The molecule has 2 aromatic rings. The Morgan fingerprint density at radius 3 is 2.63 bits per heavy atom. The summed E-state index contributed by atoms with van der Waals surface area (Å²) in [7, 11) is 0. The molecular weight excluding hydrogens is 416 g/mol. The minimum atomic E-state index is -4.90. The lowest BCUT2D eigenvalue weighted by atomic mass is 10.3. The van der Waals surface area contributed by atoms with Crippen molar-refractivity contribution < 1.29 is 36.6 Å². The van der Waals surface area contributed by atoms with E-state index in [0.717, 1.165) is 12.1 Å². The normalized spacial score (nSPS) is 11.2. The van der Waals surface area contributed by atoms with Gasteiger partial charge in [0, 0.05) is 0 Å². The molecule has 2 rings (SSSR count). The third-order valence-electron chi connectivity index (χ3n) is 2.86. The molecule has 1 aromatic carbocycles. The monoisotopic (exact) mass is 426 g/mol. The maximum absolute atomic E-state index is 13.0. The molecule has 0 unspecified atom stereocenters. The average molecular weight is 427 g/mol. The first-order valence-electron chi connectivity index (χ1n) is 7.24. The number of nitrogens with zero attached hydrogens (tertiary/aromatic N) is 1. The van der Waals surface area contributed by atoms with Gasteiger partial charge in [-0.15, -0.1) is 0 Å². The number of benzene rings is 1. The lowest BCUT2D eigenvalue weighted by Crippen LogP contribution is -2.20. The summed E-state index contributed by atoms with van der Waals surface area (Å²) in [5, 5.41) is 1.55. The number of carbonyl (C=O) groups is 2. The van der Waals surface area contributed by atoms with Gasteiger partial charge >= 0.3 is 12.1 Å². The second kappa shape index (κ2) is 8.53. The van der Waals surface area contributed by atoms with E-state index in [1.165, 1.54) is 13.0 Å². The number of rotatable bonds is 6. The van der Waals surface area contributed by atoms with Crippen LogP contribution < -0.4 is 10.1 Å². The predicted molar refractivity (Wildman–Crippen MR) is 88.6 cm³/mol. The fourth-order valence-corrected chi connectivity index (χ4v) is 2.91. The molecule has 0 fully saturated rings. The number of aromatic nitrogens is 1. The molecule has 0 bridgehead atoms. The van der Waals surface area contributed by atoms with E-state index in [1.54, 1.807) is 0 Å². The van der Waals surface area contributed by atoms with Gasteiger partial charge in [0.25, 0.3) is 5.91 Å². The van der Waals surface area contributed by atoms with Crippen LogP contribution in [0.1, 0.15) is 22.3 Å². The van der Waals surface area contributed by atoms with Gasteiger partial charge in [0.05, 0.1) is 11.6 Å². The van der Waals surface area contributed by atoms with Crippen LogP contribution in [0, 0.1) is 5.82 Å². The van der Waals surface area contributed by atoms with Crippen molar-refractivity contribution in [1.82, 2.24) is 4.98 Å². The van der Waals surface area contributed by atoms with Gasteiger partial charge in [0.15, 0.2) is 17.4 Å². The van der Waals surface area contributed by atoms with Crippen LogP contribution in [0.25, 0.3) is 0 Å². The Bertz CT molecular complexity index is 857. The molecule has 0 saturated heterocycles. The van der Waals surface area contributed by atoms with Crippen molar-refractivity contribution >= 4 is 39.9 Å². The third kappa shape index (κ3) is 5.54. The zero-order valence-electron chi connectivity index (χ0n) is 13.5. The zero-order chi connectivity index (χ0) is 20.2. The minimum Gasteiger partial charge on any atom is -0.482 e. The molecule has 0 radical (unpaired) electrons. The molecule has 0 aliphatic rings. The van der Waals surface area contributed by atoms with Crippen LogP contribution in [0.5, 0.6) is 5.75 Å². The highest BCUT2D eigenvalue weighted by Crippen LogP contribution is 2.36. The summed E-state index contributed by atoms with van der Waals surface area (Å²) in [6.07, 6.45) is -4.90. The van der Waals surface area contributed by atoms with E-state index >= 15 is 0 Å². The molecule has 0 saturated carbocycles. The molecule has 0 aliphatic carbocycles. The fraction of sp³-hybridized carbons (Fsp3) is 0.267. The summed E-state index contributed by atoms with van der Waals surface area (Å²) in [4.78, 5) is 26.0. The Morgan fingerprint density at radius 1 is 1.33 bits per heavy atom. The van der Waals surface area contributed by atoms with Crippen LogP contribution in [0.4, 0.5) is 22.7 Å². The quantitative estimate of drug-likeness (QED) is 0.554. The summed E-state index contributed by atoms with van der Waals surface area (Å²) >= 11 is 6.05. The van der Waals surface area contributed by atoms with Gasteiger partial charge in [-0.25, -0.2) is 14.2 Å². The topological polar surface area (TPSA) is 77.5 Å². The fourth-order valence-electron chi connectivity index (χ4n) is 1.79. The molecule has 12 heteroatoms. The molecule has 0 atom stereocenters. The second-order valence-corrected chi connectivity index (χ2v) is 6.23. The lowest BCUT2D eigenvalue weighted by Gasteiger charge is -2.07. The minimum absolute atomic E-state index is 0.00977. The Morgan fingerprint density at radius 2 is 2.04 bits per heavy atom. The number of thiazole rings is 1. The van der Waals surface area contributed by atoms with E-state index in [9.17, 15) is 27.2 Å². The van der Waals surface area contributed by atoms with E-state index < -0.39 is 46.2 Å². The molecule has 1 N–H and O–H groups in total. The van der Waals surface area contributed by atoms with Crippen LogP contribution in [-0.2, 0) is 15.7 Å². The largest absolute Gasteiger partial charge is 0.482 e. The number of alkyl halides is 3. The highest BCUT2D eigenvalue weighted by molar-refractivity contribution is 7.17. The van der Waals surface area contributed by atoms with Crippen molar-refractivity contribution in [2.45, 2.75) is 13.1 Å². The molecule has 6 nitrogen and oxygen atoms in total. The SMILES string of the molecule is CCOC(=O)c1sc(NC(=O)COc2ccc(F)cc2Cl)nc1C(F)(F)F. The van der Waals surface area contributed by atoms with Crippen LogP contribution >= 0.6 is 22.9 Å². The average Bonchev–Trinajstić information content (AvgIpc) is 2.98. The van der Waals surface area contributed by atoms with Crippen molar-refractivity contribution in [1.29, 1.82) is 0 Å². The molecule has 1 amide bonds. The van der Waals surface area contributed by atoms with Gasteiger partial charge in [0.1, 0.15) is 16.4 Å². The summed E-state index contributed by atoms with van der Waals surface area (Å²) < 4.78 is 61.6. The summed E-state index contributed by atoms with van der Waals surface area (Å²) in [6, 6.07) is 3.22. The molecule has 0 spiro atoms. The summed E-state index contributed by atoms with van der Waals surface area (Å²) in [5.74, 6) is -2.65. The Kier molecular flexibility index (Phi) is 6.60. The number of nitrogens with one attached hydrogen (secondary N) is 1. The summed E-state index contributed by atoms with van der Waals surface area (Å²) in [5.41, 5.74) is -1.45. The number of ether oxygens (including phenoxy) is 2. The molecular formula is C15H11ClF4N2O4S. The van der Waals surface area contributed by atoms with Gasteiger partial charge < -0.3 is 9.47 Å². The Labute approximate surface area is 159 Å². The number of anilines is 1. The van der Waals surface area contributed by atoms with E-state index in [-0.39, 0.29) is 17.4 Å². The first-order chi connectivity index (χ1) is 12.6. The first-order valence-corrected chi connectivity index (χ1v) is 8.44. The number of hydrogen-bond donors (Lipinski definition) is 1. The Balaban J connectivity index is 2.09. The number of halogens is 5. The molecule has 1 heterocycles.